The normalized spacial score (nSPS) is 12.5. The molecule has 0 aliphatic carbocycles. The second-order valence-corrected chi connectivity index (χ2v) is 3.78. The van der Waals surface area contributed by atoms with E-state index in [4.69, 9.17) is 10.3 Å². The summed E-state index contributed by atoms with van der Waals surface area (Å²) in [6.07, 6.45) is 3.32. The third-order valence-electron chi connectivity index (χ3n) is 2.58. The zero-order valence-electron chi connectivity index (χ0n) is 9.45. The number of H-pyrrole nitrogens is 1. The number of hydrogen-bond acceptors (Lipinski definition) is 5. The molecule has 0 saturated heterocycles. The summed E-state index contributed by atoms with van der Waals surface area (Å²) in [5.41, 5.74) is 6.98. The van der Waals surface area contributed by atoms with E-state index in [0.29, 0.717) is 17.5 Å². The summed E-state index contributed by atoms with van der Waals surface area (Å²) in [5, 5.41) is 3.85. The highest BCUT2D eigenvalue weighted by Gasteiger charge is 2.17. The quantitative estimate of drug-likeness (QED) is 0.724. The first-order valence-corrected chi connectivity index (χ1v) is 5.48. The Kier molecular flexibility index (Phi) is 2.62. The minimum absolute atomic E-state index is 0.368. The van der Waals surface area contributed by atoms with E-state index >= 15 is 0 Å². The summed E-state index contributed by atoms with van der Waals surface area (Å²) in [5.74, 6) is 1.33. The summed E-state index contributed by atoms with van der Waals surface area (Å²) in [6, 6.07) is 9.17. The maximum atomic E-state index is 6.06. The van der Waals surface area contributed by atoms with Crippen LogP contribution in [0.2, 0.25) is 0 Å². The fourth-order valence-corrected chi connectivity index (χ4v) is 1.65. The molecule has 0 radical (unpaired) electrons. The zero-order valence-corrected chi connectivity index (χ0v) is 9.45. The molecule has 6 nitrogen and oxygen atoms in total. The molecule has 6 heteroatoms. The van der Waals surface area contributed by atoms with Gasteiger partial charge in [-0.1, -0.05) is 35.5 Å². The molecule has 2 aromatic heterocycles. The molecule has 1 atom stereocenters. The molecule has 0 aliphatic rings. The van der Waals surface area contributed by atoms with E-state index in [1.54, 1.807) is 12.4 Å². The number of benzene rings is 1. The van der Waals surface area contributed by atoms with E-state index in [1.165, 1.54) is 0 Å². The largest absolute Gasteiger partial charge is 0.342 e. The van der Waals surface area contributed by atoms with Crippen molar-refractivity contribution in [1.29, 1.82) is 0 Å². The molecule has 0 amide bonds. The van der Waals surface area contributed by atoms with Crippen LogP contribution < -0.4 is 5.73 Å². The Labute approximate surface area is 103 Å². The molecule has 3 aromatic rings. The van der Waals surface area contributed by atoms with Crippen LogP contribution in [0.15, 0.2) is 47.2 Å². The van der Waals surface area contributed by atoms with Gasteiger partial charge in [-0.05, 0) is 5.56 Å². The fraction of sp³-hybridized carbons (Fsp3) is 0.0833. The van der Waals surface area contributed by atoms with Crippen molar-refractivity contribution in [1.82, 2.24) is 20.1 Å². The maximum absolute atomic E-state index is 6.06. The Morgan fingerprint density at radius 3 is 2.78 bits per heavy atom. The summed E-state index contributed by atoms with van der Waals surface area (Å²) in [4.78, 5) is 11.2. The Balaban J connectivity index is 1.90. The standard InChI is InChI=1S/C12H11N5O/c13-9(8-4-2-1-3-5-8)12-16-11(17-18-12)10-14-6-7-15-10/h1-7,9H,13H2,(H,14,15). The van der Waals surface area contributed by atoms with Crippen LogP contribution in [-0.4, -0.2) is 20.1 Å². The number of hydrogen-bond donors (Lipinski definition) is 2. The van der Waals surface area contributed by atoms with Crippen LogP contribution in [0.3, 0.4) is 0 Å². The van der Waals surface area contributed by atoms with Gasteiger partial charge in [0, 0.05) is 12.4 Å². The second-order valence-electron chi connectivity index (χ2n) is 3.78. The second kappa shape index (κ2) is 4.42. The van der Waals surface area contributed by atoms with Crippen molar-refractivity contribution in [3.05, 3.63) is 54.2 Å². The third-order valence-corrected chi connectivity index (χ3v) is 2.58. The van der Waals surface area contributed by atoms with Gasteiger partial charge in [-0.25, -0.2) is 4.98 Å². The average molecular weight is 241 g/mol. The van der Waals surface area contributed by atoms with Crippen molar-refractivity contribution in [2.75, 3.05) is 0 Å². The van der Waals surface area contributed by atoms with Crippen molar-refractivity contribution in [2.24, 2.45) is 5.73 Å². The number of aromatic amines is 1. The molecular weight excluding hydrogens is 230 g/mol. The molecule has 0 aliphatic heterocycles. The molecule has 0 bridgehead atoms. The summed E-state index contributed by atoms with van der Waals surface area (Å²) in [7, 11) is 0. The highest BCUT2D eigenvalue weighted by molar-refractivity contribution is 5.41. The van der Waals surface area contributed by atoms with Crippen LogP contribution in [0.4, 0.5) is 0 Å². The van der Waals surface area contributed by atoms with Crippen molar-refractivity contribution in [2.45, 2.75) is 6.04 Å². The number of aromatic nitrogens is 4. The van der Waals surface area contributed by atoms with Crippen LogP contribution >= 0.6 is 0 Å². The molecule has 1 aromatic carbocycles. The number of nitrogens with one attached hydrogen (secondary N) is 1. The molecular formula is C12H11N5O. The van der Waals surface area contributed by atoms with E-state index < -0.39 is 6.04 Å². The lowest BCUT2D eigenvalue weighted by molar-refractivity contribution is 0.367. The minimum atomic E-state index is -0.428. The monoisotopic (exact) mass is 241 g/mol. The predicted octanol–water partition coefficient (Wildman–Crippen LogP) is 1.51. The topological polar surface area (TPSA) is 93.6 Å². The number of nitrogens with zero attached hydrogens (tertiary/aromatic N) is 3. The first-order valence-electron chi connectivity index (χ1n) is 5.48. The molecule has 18 heavy (non-hydrogen) atoms. The van der Waals surface area contributed by atoms with Crippen LogP contribution in [0.25, 0.3) is 11.6 Å². The van der Waals surface area contributed by atoms with Crippen LogP contribution in [-0.2, 0) is 0 Å². The molecule has 0 fully saturated rings. The Hall–Kier alpha value is -2.47. The Bertz CT molecular complexity index is 617. The van der Waals surface area contributed by atoms with Gasteiger partial charge in [0.25, 0.3) is 0 Å². The molecule has 0 spiro atoms. The van der Waals surface area contributed by atoms with Gasteiger partial charge in [-0.15, -0.1) is 0 Å². The molecule has 1 unspecified atom stereocenters. The lowest BCUT2D eigenvalue weighted by atomic mass is 10.1. The van der Waals surface area contributed by atoms with Crippen molar-refractivity contribution in [3.63, 3.8) is 0 Å². The smallest absolute Gasteiger partial charge is 0.248 e. The number of imidazole rings is 1. The molecule has 0 saturated carbocycles. The lowest BCUT2D eigenvalue weighted by Gasteiger charge is -2.05. The summed E-state index contributed by atoms with van der Waals surface area (Å²) in [6.45, 7) is 0. The Morgan fingerprint density at radius 1 is 1.22 bits per heavy atom. The number of rotatable bonds is 3. The van der Waals surface area contributed by atoms with Gasteiger partial charge in [-0.3, -0.25) is 0 Å². The zero-order chi connectivity index (χ0) is 12.4. The maximum Gasteiger partial charge on any atom is 0.248 e. The first-order chi connectivity index (χ1) is 8.84. The van der Waals surface area contributed by atoms with Crippen molar-refractivity contribution < 1.29 is 4.52 Å². The predicted molar refractivity (Wildman–Crippen MR) is 64.4 cm³/mol. The van der Waals surface area contributed by atoms with Crippen LogP contribution in [0.1, 0.15) is 17.5 Å². The van der Waals surface area contributed by atoms with Gasteiger partial charge in [0.05, 0.1) is 0 Å². The molecule has 90 valence electrons. The van der Waals surface area contributed by atoms with E-state index in [0.717, 1.165) is 5.56 Å². The van der Waals surface area contributed by atoms with Crippen LogP contribution in [0.5, 0.6) is 0 Å². The van der Waals surface area contributed by atoms with E-state index in [9.17, 15) is 0 Å². The van der Waals surface area contributed by atoms with Gasteiger partial charge in [0.15, 0.2) is 5.82 Å². The van der Waals surface area contributed by atoms with Gasteiger partial charge in [0.2, 0.25) is 11.7 Å². The van der Waals surface area contributed by atoms with Gasteiger partial charge < -0.3 is 15.2 Å². The first kappa shape index (κ1) is 10.7. The highest BCUT2D eigenvalue weighted by Crippen LogP contribution is 2.19. The van der Waals surface area contributed by atoms with Crippen LogP contribution in [0, 0.1) is 0 Å². The van der Waals surface area contributed by atoms with E-state index in [-0.39, 0.29) is 0 Å². The van der Waals surface area contributed by atoms with Gasteiger partial charge >= 0.3 is 0 Å². The van der Waals surface area contributed by atoms with Crippen molar-refractivity contribution in [3.8, 4) is 11.6 Å². The molecule has 2 heterocycles. The minimum Gasteiger partial charge on any atom is -0.342 e. The molecule has 3 N–H and O–H groups in total. The highest BCUT2D eigenvalue weighted by atomic mass is 16.5. The third kappa shape index (κ3) is 1.89. The van der Waals surface area contributed by atoms with Crippen molar-refractivity contribution >= 4 is 0 Å². The lowest BCUT2D eigenvalue weighted by Crippen LogP contribution is -2.11. The summed E-state index contributed by atoms with van der Waals surface area (Å²) < 4.78 is 5.16. The number of nitrogens with two attached hydrogens (primary N) is 1. The SMILES string of the molecule is NC(c1ccccc1)c1nc(-c2ncc[nH]2)no1. The average Bonchev–Trinajstić information content (AvgIpc) is 3.09. The van der Waals surface area contributed by atoms with E-state index in [2.05, 4.69) is 20.1 Å². The van der Waals surface area contributed by atoms with Gasteiger partial charge in [0.1, 0.15) is 6.04 Å². The Morgan fingerprint density at radius 2 is 2.06 bits per heavy atom. The molecule has 3 rings (SSSR count). The van der Waals surface area contributed by atoms with Gasteiger partial charge in [-0.2, -0.15) is 4.98 Å². The van der Waals surface area contributed by atoms with E-state index in [1.807, 2.05) is 30.3 Å². The fourth-order valence-electron chi connectivity index (χ4n) is 1.65. The summed E-state index contributed by atoms with van der Waals surface area (Å²) >= 11 is 0.